The Bertz CT molecular complexity index is 188. The van der Waals surface area contributed by atoms with E-state index in [0.29, 0.717) is 6.61 Å². The maximum Gasteiger partial charge on any atom is 1.00 e. The van der Waals surface area contributed by atoms with E-state index in [1.807, 2.05) is 30.3 Å². The number of aliphatic hydroxyl groups is 1. The summed E-state index contributed by atoms with van der Waals surface area (Å²) < 4.78 is 5.11. The van der Waals surface area contributed by atoms with Gasteiger partial charge in [-0.3, -0.25) is 0 Å². The molecule has 0 aliphatic carbocycles. The first-order valence-corrected chi connectivity index (χ1v) is 3.22. The summed E-state index contributed by atoms with van der Waals surface area (Å²) in [6.07, 6.45) is 0. The van der Waals surface area contributed by atoms with Crippen LogP contribution in [-0.2, 0) is 0 Å². The van der Waals surface area contributed by atoms with Crippen molar-refractivity contribution in [2.75, 3.05) is 13.2 Å². The van der Waals surface area contributed by atoms with Gasteiger partial charge in [0, 0.05) is 0 Å². The zero-order chi connectivity index (χ0) is 7.23. The summed E-state index contributed by atoms with van der Waals surface area (Å²) in [6.45, 7) is 0.429. The van der Waals surface area contributed by atoms with E-state index in [1.165, 1.54) is 0 Å². The van der Waals surface area contributed by atoms with E-state index >= 15 is 0 Å². The van der Waals surface area contributed by atoms with Gasteiger partial charge in [-0.2, -0.15) is 0 Å². The second-order valence-electron chi connectivity index (χ2n) is 1.89. The van der Waals surface area contributed by atoms with Crippen molar-refractivity contribution in [3.8, 4) is 5.75 Å². The van der Waals surface area contributed by atoms with Gasteiger partial charge in [-0.05, 0) is 12.1 Å². The monoisotopic (exact) mass is 186 g/mol. The van der Waals surface area contributed by atoms with E-state index in [2.05, 4.69) is 0 Å². The zero-order valence-corrected chi connectivity index (χ0v) is 11.7. The van der Waals surface area contributed by atoms with Crippen LogP contribution >= 0.6 is 0 Å². The number of rotatable bonds is 3. The van der Waals surface area contributed by atoms with Crippen LogP contribution < -0.4 is 63.9 Å². The van der Waals surface area contributed by atoms with Crippen LogP contribution in [0.4, 0.5) is 0 Å². The molecule has 0 saturated heterocycles. The fourth-order valence-corrected chi connectivity index (χ4v) is 0.680. The van der Waals surface area contributed by atoms with Gasteiger partial charge in [0.2, 0.25) is 0 Å². The standard InChI is InChI=1S/C8H10O2.2Na.2H/c9-6-7-10-8-4-2-1-3-5-8;;;;/h1-5,9H,6-7H2;;;;/q;2*+1;2*-1. The molecule has 1 aromatic rings. The van der Waals surface area contributed by atoms with Crippen molar-refractivity contribution in [3.05, 3.63) is 30.3 Å². The van der Waals surface area contributed by atoms with E-state index in [0.717, 1.165) is 5.75 Å². The molecule has 0 radical (unpaired) electrons. The molecular formula is C8H12Na2O2. The minimum atomic E-state index is 0. The maximum atomic E-state index is 8.40. The molecule has 12 heavy (non-hydrogen) atoms. The van der Waals surface area contributed by atoms with Crippen LogP contribution in [0.3, 0.4) is 0 Å². The summed E-state index contributed by atoms with van der Waals surface area (Å²) in [5, 5.41) is 8.40. The fraction of sp³-hybridized carbons (Fsp3) is 0.250. The Morgan fingerprint density at radius 1 is 1.17 bits per heavy atom. The van der Waals surface area contributed by atoms with Crippen LogP contribution in [0.15, 0.2) is 30.3 Å². The van der Waals surface area contributed by atoms with Crippen LogP contribution in [-0.4, -0.2) is 18.3 Å². The first-order chi connectivity index (χ1) is 4.93. The third-order valence-corrected chi connectivity index (χ3v) is 1.10. The Kier molecular flexibility index (Phi) is 13.0. The van der Waals surface area contributed by atoms with Crippen LogP contribution in [0.1, 0.15) is 2.85 Å². The minimum absolute atomic E-state index is 0. The quantitative estimate of drug-likeness (QED) is 0.481. The summed E-state index contributed by atoms with van der Waals surface area (Å²) in [7, 11) is 0. The van der Waals surface area contributed by atoms with E-state index < -0.39 is 0 Å². The van der Waals surface area contributed by atoms with Gasteiger partial charge < -0.3 is 12.7 Å². The average molecular weight is 186 g/mol. The molecule has 0 aliphatic heterocycles. The largest absolute Gasteiger partial charge is 1.00 e. The Hall–Kier alpha value is 0.980. The van der Waals surface area contributed by atoms with Crippen molar-refractivity contribution in [1.82, 2.24) is 0 Å². The number of ether oxygens (including phenoxy) is 1. The predicted octanol–water partition coefficient (Wildman–Crippen LogP) is -4.71. The van der Waals surface area contributed by atoms with E-state index in [9.17, 15) is 0 Å². The second-order valence-corrected chi connectivity index (χ2v) is 1.89. The molecular weight excluding hydrogens is 174 g/mol. The molecule has 2 nitrogen and oxygen atoms in total. The number of benzene rings is 1. The minimum Gasteiger partial charge on any atom is -1.00 e. The third kappa shape index (κ3) is 6.49. The predicted molar refractivity (Wildman–Crippen MR) is 41.2 cm³/mol. The van der Waals surface area contributed by atoms with Crippen LogP contribution in [0.5, 0.6) is 5.75 Å². The average Bonchev–Trinajstić information content (AvgIpc) is 2.03. The van der Waals surface area contributed by atoms with Crippen molar-refractivity contribution in [2.45, 2.75) is 0 Å². The number of hydrogen-bond donors (Lipinski definition) is 1. The van der Waals surface area contributed by atoms with Gasteiger partial charge in [-0.15, -0.1) is 0 Å². The molecule has 0 fully saturated rings. The molecule has 0 saturated carbocycles. The third-order valence-electron chi connectivity index (χ3n) is 1.10. The van der Waals surface area contributed by atoms with Gasteiger partial charge in [0.05, 0.1) is 6.61 Å². The first kappa shape index (κ1) is 15.5. The molecule has 0 amide bonds. The van der Waals surface area contributed by atoms with E-state index in [4.69, 9.17) is 9.84 Å². The molecule has 0 unspecified atom stereocenters. The van der Waals surface area contributed by atoms with Gasteiger partial charge in [-0.25, -0.2) is 0 Å². The fourth-order valence-electron chi connectivity index (χ4n) is 0.680. The maximum absolute atomic E-state index is 8.40. The normalized spacial score (nSPS) is 7.75. The molecule has 0 bridgehead atoms. The molecule has 0 spiro atoms. The Balaban J connectivity index is -0.000000125. The smallest absolute Gasteiger partial charge is 1.00 e. The second kappa shape index (κ2) is 10.1. The van der Waals surface area contributed by atoms with Crippen LogP contribution in [0, 0.1) is 0 Å². The number of hydrogen-bond acceptors (Lipinski definition) is 2. The van der Waals surface area contributed by atoms with Crippen molar-refractivity contribution < 1.29 is 71.8 Å². The van der Waals surface area contributed by atoms with E-state index in [-0.39, 0.29) is 68.6 Å². The molecule has 0 atom stereocenters. The Morgan fingerprint density at radius 3 is 2.25 bits per heavy atom. The summed E-state index contributed by atoms with van der Waals surface area (Å²) in [6, 6.07) is 9.43. The zero-order valence-electron chi connectivity index (χ0n) is 9.66. The molecule has 1 rings (SSSR count). The molecule has 0 aromatic heterocycles. The van der Waals surface area contributed by atoms with Crippen molar-refractivity contribution >= 4 is 0 Å². The molecule has 1 aromatic carbocycles. The SMILES string of the molecule is OCCOc1ccccc1.[H-].[H-].[Na+].[Na+]. The number of para-hydroxylation sites is 1. The van der Waals surface area contributed by atoms with Crippen LogP contribution in [0.25, 0.3) is 0 Å². The van der Waals surface area contributed by atoms with Gasteiger partial charge in [0.1, 0.15) is 12.4 Å². The van der Waals surface area contributed by atoms with Gasteiger partial charge in [-0.1, -0.05) is 18.2 Å². The summed E-state index contributed by atoms with van der Waals surface area (Å²) in [4.78, 5) is 0. The van der Waals surface area contributed by atoms with Gasteiger partial charge >= 0.3 is 59.1 Å². The van der Waals surface area contributed by atoms with Crippen molar-refractivity contribution in [1.29, 1.82) is 0 Å². The summed E-state index contributed by atoms with van der Waals surface area (Å²) in [5.74, 6) is 0.802. The van der Waals surface area contributed by atoms with Crippen molar-refractivity contribution in [3.63, 3.8) is 0 Å². The van der Waals surface area contributed by atoms with Gasteiger partial charge in [0.25, 0.3) is 0 Å². The number of aliphatic hydroxyl groups excluding tert-OH is 1. The molecule has 1 N–H and O–H groups in total. The Morgan fingerprint density at radius 2 is 1.75 bits per heavy atom. The van der Waals surface area contributed by atoms with Gasteiger partial charge in [0.15, 0.2) is 0 Å². The molecule has 0 heterocycles. The first-order valence-electron chi connectivity index (χ1n) is 3.22. The molecule has 0 aliphatic rings. The summed E-state index contributed by atoms with van der Waals surface area (Å²) in [5.41, 5.74) is 0. The Labute approximate surface area is 120 Å². The van der Waals surface area contributed by atoms with E-state index in [1.54, 1.807) is 0 Å². The summed E-state index contributed by atoms with van der Waals surface area (Å²) >= 11 is 0. The molecule has 4 heteroatoms. The topological polar surface area (TPSA) is 29.5 Å². The molecule has 58 valence electrons. The van der Waals surface area contributed by atoms with Crippen molar-refractivity contribution in [2.24, 2.45) is 0 Å². The van der Waals surface area contributed by atoms with Crippen LogP contribution in [0.2, 0.25) is 0 Å².